The van der Waals surface area contributed by atoms with Crippen molar-refractivity contribution in [3.63, 3.8) is 0 Å². The molecule has 0 saturated carbocycles. The van der Waals surface area contributed by atoms with Gasteiger partial charge in [-0.2, -0.15) is 0 Å². The van der Waals surface area contributed by atoms with E-state index in [0.717, 1.165) is 15.9 Å². The minimum atomic E-state index is -0.467. The number of methoxy groups -OCH3 is 1. The summed E-state index contributed by atoms with van der Waals surface area (Å²) in [6.07, 6.45) is 3.23. The molecule has 1 amide bonds. The van der Waals surface area contributed by atoms with Gasteiger partial charge in [0.25, 0.3) is 0 Å². The first-order chi connectivity index (χ1) is 10.3. The summed E-state index contributed by atoms with van der Waals surface area (Å²) in [5.41, 5.74) is 0.465. The first-order valence-corrected chi connectivity index (χ1v) is 8.01. The summed E-state index contributed by atoms with van der Waals surface area (Å²) in [4.78, 5) is 20.2. The van der Waals surface area contributed by atoms with Crippen molar-refractivity contribution in [2.45, 2.75) is 26.4 Å². The predicted molar refractivity (Wildman–Crippen MR) is 88.5 cm³/mol. The smallest absolute Gasteiger partial charge is 0.410 e. The number of anilines is 1. The van der Waals surface area contributed by atoms with Gasteiger partial charge in [0.2, 0.25) is 0 Å². The monoisotopic (exact) mass is 371 g/mol. The molecule has 1 aliphatic heterocycles. The molecular weight excluding hydrogens is 350 g/mol. The maximum Gasteiger partial charge on any atom is 0.410 e. The number of hydrogen-bond donors (Lipinski definition) is 0. The highest BCUT2D eigenvalue weighted by Gasteiger charge is 2.27. The van der Waals surface area contributed by atoms with Gasteiger partial charge in [0, 0.05) is 32.4 Å². The highest BCUT2D eigenvalue weighted by molar-refractivity contribution is 9.10. The Kier molecular flexibility index (Phi) is 5.16. The van der Waals surface area contributed by atoms with Crippen LogP contribution in [0.4, 0.5) is 10.5 Å². The zero-order valence-corrected chi connectivity index (χ0v) is 15.0. The van der Waals surface area contributed by atoms with Crippen LogP contribution in [0.1, 0.15) is 20.8 Å². The number of carbonyl (C=O) groups is 1. The minimum Gasteiger partial charge on any atom is -0.493 e. The average Bonchev–Trinajstić information content (AvgIpc) is 2.45. The van der Waals surface area contributed by atoms with Gasteiger partial charge in [-0.25, -0.2) is 4.79 Å². The second-order valence-corrected chi connectivity index (χ2v) is 6.98. The lowest BCUT2D eigenvalue weighted by Crippen LogP contribution is -2.50. The van der Waals surface area contributed by atoms with Crippen LogP contribution in [0.15, 0.2) is 16.9 Å². The molecule has 0 spiro atoms. The number of hydrogen-bond acceptors (Lipinski definition) is 5. The highest BCUT2D eigenvalue weighted by atomic mass is 79.9. The van der Waals surface area contributed by atoms with Gasteiger partial charge in [-0.1, -0.05) is 0 Å². The zero-order chi connectivity index (χ0) is 16.3. The Morgan fingerprint density at radius 2 is 1.86 bits per heavy atom. The molecule has 0 N–H and O–H groups in total. The van der Waals surface area contributed by atoms with Gasteiger partial charge in [-0.05, 0) is 36.7 Å². The van der Waals surface area contributed by atoms with Crippen molar-refractivity contribution >= 4 is 27.7 Å². The summed E-state index contributed by atoms with van der Waals surface area (Å²) in [5.74, 6) is 0.765. The fourth-order valence-corrected chi connectivity index (χ4v) is 2.78. The summed E-state index contributed by atoms with van der Waals surface area (Å²) in [7, 11) is 1.64. The Labute approximate surface area is 139 Å². The van der Waals surface area contributed by atoms with E-state index in [1.165, 1.54) is 0 Å². The van der Waals surface area contributed by atoms with Gasteiger partial charge < -0.3 is 19.3 Å². The van der Waals surface area contributed by atoms with Crippen molar-refractivity contribution < 1.29 is 14.3 Å². The molecule has 0 bridgehead atoms. The number of aromatic nitrogens is 1. The average molecular weight is 372 g/mol. The van der Waals surface area contributed by atoms with Crippen LogP contribution in [0, 0.1) is 0 Å². The molecule has 0 aromatic carbocycles. The summed E-state index contributed by atoms with van der Waals surface area (Å²) in [6.45, 7) is 8.29. The molecule has 1 aromatic rings. The summed E-state index contributed by atoms with van der Waals surface area (Å²) in [6, 6.07) is 0. The van der Waals surface area contributed by atoms with Gasteiger partial charge in [0.15, 0.2) is 5.75 Å². The molecule has 2 heterocycles. The molecule has 1 aliphatic rings. The molecule has 122 valence electrons. The third kappa shape index (κ3) is 4.03. The lowest BCUT2D eigenvalue weighted by molar-refractivity contribution is 0.0240. The molecule has 6 nitrogen and oxygen atoms in total. The molecule has 1 saturated heterocycles. The zero-order valence-electron chi connectivity index (χ0n) is 13.4. The van der Waals surface area contributed by atoms with E-state index in [1.807, 2.05) is 20.8 Å². The molecular formula is C15H22BrN3O3. The van der Waals surface area contributed by atoms with E-state index in [2.05, 4.69) is 25.8 Å². The first kappa shape index (κ1) is 16.9. The molecule has 7 heteroatoms. The first-order valence-electron chi connectivity index (χ1n) is 7.22. The van der Waals surface area contributed by atoms with Crippen LogP contribution in [0.3, 0.4) is 0 Å². The quantitative estimate of drug-likeness (QED) is 0.799. The van der Waals surface area contributed by atoms with E-state index in [1.54, 1.807) is 24.4 Å². The molecule has 0 aliphatic carbocycles. The molecule has 1 fully saturated rings. The topological polar surface area (TPSA) is 54.9 Å². The second kappa shape index (κ2) is 6.73. The van der Waals surface area contributed by atoms with Crippen molar-refractivity contribution in [1.82, 2.24) is 9.88 Å². The molecule has 0 radical (unpaired) electrons. The Morgan fingerprint density at radius 1 is 1.23 bits per heavy atom. The van der Waals surface area contributed by atoms with Crippen LogP contribution in [-0.4, -0.2) is 54.9 Å². The molecule has 2 rings (SSSR count). The number of piperazine rings is 1. The Morgan fingerprint density at radius 3 is 2.41 bits per heavy atom. The lowest BCUT2D eigenvalue weighted by Gasteiger charge is -2.37. The maximum atomic E-state index is 12.1. The van der Waals surface area contributed by atoms with E-state index in [4.69, 9.17) is 9.47 Å². The number of nitrogens with zero attached hydrogens (tertiary/aromatic N) is 3. The van der Waals surface area contributed by atoms with Crippen molar-refractivity contribution in [3.05, 3.63) is 16.9 Å². The minimum absolute atomic E-state index is 0.258. The van der Waals surface area contributed by atoms with Crippen LogP contribution in [-0.2, 0) is 4.74 Å². The van der Waals surface area contributed by atoms with Crippen molar-refractivity contribution in [2.75, 3.05) is 38.2 Å². The highest BCUT2D eigenvalue weighted by Crippen LogP contribution is 2.34. The van der Waals surface area contributed by atoms with Gasteiger partial charge in [-0.15, -0.1) is 0 Å². The van der Waals surface area contributed by atoms with Crippen LogP contribution in [0.5, 0.6) is 5.75 Å². The number of rotatable bonds is 2. The number of amides is 1. The lowest BCUT2D eigenvalue weighted by atomic mass is 10.2. The van der Waals surface area contributed by atoms with E-state index in [9.17, 15) is 4.79 Å². The Bertz CT molecular complexity index is 537. The summed E-state index contributed by atoms with van der Waals surface area (Å²) < 4.78 is 11.7. The van der Waals surface area contributed by atoms with Crippen LogP contribution < -0.4 is 9.64 Å². The molecule has 0 unspecified atom stereocenters. The predicted octanol–water partition coefficient (Wildman–Crippen LogP) is 2.91. The molecule has 1 aromatic heterocycles. The Balaban J connectivity index is 2.01. The van der Waals surface area contributed by atoms with Gasteiger partial charge >= 0.3 is 6.09 Å². The Hall–Kier alpha value is -1.50. The SMILES string of the molecule is COc1c(Br)cncc1N1CCN(C(=O)OC(C)(C)C)CC1. The van der Waals surface area contributed by atoms with Gasteiger partial charge in [-0.3, -0.25) is 4.98 Å². The fourth-order valence-electron chi connectivity index (χ4n) is 2.30. The van der Waals surface area contributed by atoms with Crippen molar-refractivity contribution in [2.24, 2.45) is 0 Å². The maximum absolute atomic E-state index is 12.1. The molecule has 0 atom stereocenters. The van der Waals surface area contributed by atoms with Crippen LogP contribution in [0.2, 0.25) is 0 Å². The van der Waals surface area contributed by atoms with Gasteiger partial charge in [0.05, 0.1) is 23.5 Å². The third-order valence-electron chi connectivity index (χ3n) is 3.31. The number of carbonyl (C=O) groups excluding carboxylic acids is 1. The van der Waals surface area contributed by atoms with E-state index in [0.29, 0.717) is 26.2 Å². The van der Waals surface area contributed by atoms with Crippen LogP contribution >= 0.6 is 15.9 Å². The summed E-state index contributed by atoms with van der Waals surface area (Å²) >= 11 is 3.44. The standard InChI is InChI=1S/C15H22BrN3O3/c1-15(2,3)22-14(20)19-7-5-18(6-8-19)12-10-17-9-11(16)13(12)21-4/h9-10H,5-8H2,1-4H3. The fraction of sp³-hybridized carbons (Fsp3) is 0.600. The third-order valence-corrected chi connectivity index (χ3v) is 3.88. The van der Waals surface area contributed by atoms with Crippen molar-refractivity contribution in [1.29, 1.82) is 0 Å². The van der Waals surface area contributed by atoms with Gasteiger partial charge in [0.1, 0.15) is 5.60 Å². The largest absolute Gasteiger partial charge is 0.493 e. The van der Waals surface area contributed by atoms with Crippen LogP contribution in [0.25, 0.3) is 0 Å². The van der Waals surface area contributed by atoms with Crippen molar-refractivity contribution in [3.8, 4) is 5.75 Å². The number of pyridine rings is 1. The van der Waals surface area contributed by atoms with E-state index in [-0.39, 0.29) is 6.09 Å². The van der Waals surface area contributed by atoms with E-state index < -0.39 is 5.60 Å². The number of ether oxygens (including phenoxy) is 2. The second-order valence-electron chi connectivity index (χ2n) is 6.13. The molecule has 22 heavy (non-hydrogen) atoms. The summed E-state index contributed by atoms with van der Waals surface area (Å²) in [5, 5.41) is 0. The number of halogens is 1. The normalized spacial score (nSPS) is 15.7. The van der Waals surface area contributed by atoms with E-state index >= 15 is 0 Å².